The highest BCUT2D eigenvalue weighted by Crippen LogP contribution is 1.98. The first-order chi connectivity index (χ1) is 7.36. The Kier molecular flexibility index (Phi) is 6.52. The number of imidazole rings is 1. The number of hydrogen-bond donors (Lipinski definition) is 2. The molecule has 4 heteroatoms. The molecule has 0 amide bonds. The lowest BCUT2D eigenvalue weighted by atomic mass is 10.2. The van der Waals surface area contributed by atoms with Gasteiger partial charge in [-0.05, 0) is 25.8 Å². The second-order valence-electron chi connectivity index (χ2n) is 3.82. The number of nitrogens with zero attached hydrogens (tertiary/aromatic N) is 2. The predicted octanol–water partition coefficient (Wildman–Crippen LogP) is 1.22. The standard InChI is InChI=1S/C11H21N3S/c12-5-3-1-2-4-6-13-7-8-14(11-13)9-10-15/h7-8,11H,1-6,9-10,12H2/p+1. The predicted molar refractivity (Wildman–Crippen MR) is 66.0 cm³/mol. The van der Waals surface area contributed by atoms with Gasteiger partial charge in [-0.25, -0.2) is 9.13 Å². The molecule has 86 valence electrons. The molecule has 0 aromatic carbocycles. The molecule has 0 saturated carbocycles. The van der Waals surface area contributed by atoms with Crippen LogP contribution in [0.5, 0.6) is 0 Å². The van der Waals surface area contributed by atoms with Gasteiger partial charge in [-0.15, -0.1) is 0 Å². The van der Waals surface area contributed by atoms with Gasteiger partial charge in [0, 0.05) is 5.75 Å². The van der Waals surface area contributed by atoms with Gasteiger partial charge in [0.05, 0.1) is 13.1 Å². The van der Waals surface area contributed by atoms with Crippen molar-refractivity contribution in [2.45, 2.75) is 38.8 Å². The van der Waals surface area contributed by atoms with Crippen LogP contribution in [0.2, 0.25) is 0 Å². The van der Waals surface area contributed by atoms with Crippen LogP contribution in [0.1, 0.15) is 25.7 Å². The van der Waals surface area contributed by atoms with Crippen molar-refractivity contribution in [3.8, 4) is 0 Å². The minimum Gasteiger partial charge on any atom is -0.330 e. The molecule has 15 heavy (non-hydrogen) atoms. The molecule has 1 rings (SSSR count). The molecule has 2 N–H and O–H groups in total. The number of thiol groups is 1. The molecule has 0 radical (unpaired) electrons. The fraction of sp³-hybridized carbons (Fsp3) is 0.727. The largest absolute Gasteiger partial charge is 0.330 e. The number of unbranched alkanes of at least 4 members (excludes halogenated alkanes) is 3. The lowest BCUT2D eigenvalue weighted by molar-refractivity contribution is -0.696. The molecular weight excluding hydrogens is 206 g/mol. The summed E-state index contributed by atoms with van der Waals surface area (Å²) < 4.78 is 4.42. The molecule has 0 fully saturated rings. The molecule has 0 aliphatic rings. The van der Waals surface area contributed by atoms with E-state index in [4.69, 9.17) is 5.73 Å². The molecule has 0 saturated heterocycles. The Morgan fingerprint density at radius 2 is 2.00 bits per heavy atom. The number of aromatic nitrogens is 2. The SMILES string of the molecule is NCCCCCC[n+]1ccn(CCS)c1. The summed E-state index contributed by atoms with van der Waals surface area (Å²) >= 11 is 4.21. The lowest BCUT2D eigenvalue weighted by Crippen LogP contribution is -2.30. The number of nitrogens with two attached hydrogens (primary N) is 1. The molecule has 0 aliphatic heterocycles. The summed E-state index contributed by atoms with van der Waals surface area (Å²) in [6, 6.07) is 0. The maximum atomic E-state index is 5.44. The second kappa shape index (κ2) is 7.77. The summed E-state index contributed by atoms with van der Waals surface area (Å²) in [5.74, 6) is 0.894. The first-order valence-electron chi connectivity index (χ1n) is 5.72. The van der Waals surface area contributed by atoms with Gasteiger partial charge in [-0.2, -0.15) is 12.6 Å². The van der Waals surface area contributed by atoms with Crippen LogP contribution < -0.4 is 10.3 Å². The Labute approximate surface area is 97.7 Å². The average Bonchev–Trinajstić information content (AvgIpc) is 2.66. The van der Waals surface area contributed by atoms with E-state index >= 15 is 0 Å². The highest BCUT2D eigenvalue weighted by Gasteiger charge is 2.01. The van der Waals surface area contributed by atoms with Crippen LogP contribution in [-0.2, 0) is 13.1 Å². The third-order valence-electron chi connectivity index (χ3n) is 2.47. The minimum absolute atomic E-state index is 0.825. The van der Waals surface area contributed by atoms with E-state index in [1.807, 2.05) is 0 Å². The zero-order valence-corrected chi connectivity index (χ0v) is 10.2. The smallest absolute Gasteiger partial charge is 0.243 e. The van der Waals surface area contributed by atoms with Crippen molar-refractivity contribution in [3.05, 3.63) is 18.7 Å². The fourth-order valence-corrected chi connectivity index (χ4v) is 1.84. The van der Waals surface area contributed by atoms with Crippen LogP contribution in [0.3, 0.4) is 0 Å². The van der Waals surface area contributed by atoms with Gasteiger partial charge >= 0.3 is 0 Å². The maximum absolute atomic E-state index is 5.44. The lowest BCUT2D eigenvalue weighted by Gasteiger charge is -1.97. The zero-order valence-electron chi connectivity index (χ0n) is 9.31. The van der Waals surface area contributed by atoms with Crippen LogP contribution in [-0.4, -0.2) is 16.9 Å². The van der Waals surface area contributed by atoms with Crippen molar-refractivity contribution in [1.29, 1.82) is 0 Å². The van der Waals surface area contributed by atoms with Crippen LogP contribution in [0.4, 0.5) is 0 Å². The van der Waals surface area contributed by atoms with Crippen molar-refractivity contribution in [1.82, 2.24) is 4.57 Å². The summed E-state index contributed by atoms with van der Waals surface area (Å²) in [6.45, 7) is 2.93. The second-order valence-corrected chi connectivity index (χ2v) is 4.26. The third-order valence-corrected chi connectivity index (χ3v) is 2.67. The van der Waals surface area contributed by atoms with Gasteiger partial charge in [-0.3, -0.25) is 0 Å². The van der Waals surface area contributed by atoms with E-state index in [9.17, 15) is 0 Å². The summed E-state index contributed by atoms with van der Waals surface area (Å²) in [7, 11) is 0. The topological polar surface area (TPSA) is 34.8 Å². The Morgan fingerprint density at radius 1 is 1.20 bits per heavy atom. The van der Waals surface area contributed by atoms with Crippen LogP contribution >= 0.6 is 12.6 Å². The highest BCUT2D eigenvalue weighted by atomic mass is 32.1. The van der Waals surface area contributed by atoms with Crippen molar-refractivity contribution in [3.63, 3.8) is 0 Å². The summed E-state index contributed by atoms with van der Waals surface area (Å²) in [4.78, 5) is 0. The molecule has 0 spiro atoms. The van der Waals surface area contributed by atoms with Gasteiger partial charge in [0.25, 0.3) is 0 Å². The molecule has 0 unspecified atom stereocenters. The molecule has 1 heterocycles. The Morgan fingerprint density at radius 3 is 2.73 bits per heavy atom. The van der Waals surface area contributed by atoms with E-state index in [2.05, 4.69) is 40.5 Å². The van der Waals surface area contributed by atoms with Crippen LogP contribution in [0.15, 0.2) is 18.7 Å². The third kappa shape index (κ3) is 5.23. The van der Waals surface area contributed by atoms with E-state index in [0.29, 0.717) is 0 Å². The average molecular weight is 228 g/mol. The molecule has 0 bridgehead atoms. The Balaban J connectivity index is 2.14. The zero-order chi connectivity index (χ0) is 10.9. The molecule has 0 aliphatic carbocycles. The van der Waals surface area contributed by atoms with Crippen LogP contribution in [0.25, 0.3) is 0 Å². The van der Waals surface area contributed by atoms with E-state index in [0.717, 1.165) is 31.8 Å². The monoisotopic (exact) mass is 228 g/mol. The van der Waals surface area contributed by atoms with E-state index in [1.54, 1.807) is 0 Å². The molecule has 1 aromatic rings. The molecular formula is C11H22N3S+. The summed E-state index contributed by atoms with van der Waals surface area (Å²) in [5, 5.41) is 0. The van der Waals surface area contributed by atoms with Crippen molar-refractivity contribution >= 4 is 12.6 Å². The van der Waals surface area contributed by atoms with E-state index in [-0.39, 0.29) is 0 Å². The quantitative estimate of drug-likeness (QED) is 0.392. The van der Waals surface area contributed by atoms with Crippen molar-refractivity contribution in [2.24, 2.45) is 5.73 Å². The maximum Gasteiger partial charge on any atom is 0.243 e. The van der Waals surface area contributed by atoms with Crippen LogP contribution in [0, 0.1) is 0 Å². The fourth-order valence-electron chi connectivity index (χ4n) is 1.61. The van der Waals surface area contributed by atoms with Gasteiger partial charge in [0.2, 0.25) is 6.33 Å². The van der Waals surface area contributed by atoms with Gasteiger partial charge in [0.15, 0.2) is 0 Å². The normalized spacial score (nSPS) is 10.8. The molecule has 3 nitrogen and oxygen atoms in total. The number of hydrogen-bond acceptors (Lipinski definition) is 2. The van der Waals surface area contributed by atoms with E-state index in [1.165, 1.54) is 19.3 Å². The summed E-state index contributed by atoms with van der Waals surface area (Å²) in [5.41, 5.74) is 5.44. The van der Waals surface area contributed by atoms with Crippen molar-refractivity contribution < 1.29 is 4.57 Å². The summed E-state index contributed by atoms with van der Waals surface area (Å²) in [6.07, 6.45) is 11.3. The Bertz CT molecular complexity index is 260. The van der Waals surface area contributed by atoms with Crippen molar-refractivity contribution in [2.75, 3.05) is 12.3 Å². The Hall–Kier alpha value is -0.480. The van der Waals surface area contributed by atoms with Gasteiger partial charge in [0.1, 0.15) is 12.4 Å². The molecule has 0 atom stereocenters. The first kappa shape index (κ1) is 12.6. The molecule has 1 aromatic heterocycles. The number of aryl methyl sites for hydroxylation is 2. The minimum atomic E-state index is 0.825. The van der Waals surface area contributed by atoms with Gasteiger partial charge < -0.3 is 5.73 Å². The highest BCUT2D eigenvalue weighted by molar-refractivity contribution is 7.80. The van der Waals surface area contributed by atoms with E-state index < -0.39 is 0 Å². The first-order valence-corrected chi connectivity index (χ1v) is 6.36. The van der Waals surface area contributed by atoms with Gasteiger partial charge in [-0.1, -0.05) is 6.42 Å². The number of rotatable bonds is 8.